The molecular formula is C25H21NO4. The zero-order chi connectivity index (χ0) is 20.8. The third-order valence-electron chi connectivity index (χ3n) is 5.74. The van der Waals surface area contributed by atoms with Crippen LogP contribution < -0.4 is 0 Å². The molecular weight excluding hydrogens is 378 g/mol. The third-order valence-corrected chi connectivity index (χ3v) is 5.74. The molecule has 0 amide bonds. The van der Waals surface area contributed by atoms with E-state index in [9.17, 15) is 9.59 Å². The number of carbonyl (C=O) groups is 2. The van der Waals surface area contributed by atoms with Crippen LogP contribution in [-0.4, -0.2) is 23.0 Å². The molecule has 0 fully saturated rings. The number of fused-ring (bicyclic) bond motifs is 6. The summed E-state index contributed by atoms with van der Waals surface area (Å²) in [7, 11) is 0. The average Bonchev–Trinajstić information content (AvgIpc) is 2.73. The summed E-state index contributed by atoms with van der Waals surface area (Å²) in [6.45, 7) is 2.75. The lowest BCUT2D eigenvalue weighted by Crippen LogP contribution is -2.32. The van der Waals surface area contributed by atoms with Crippen LogP contribution in [-0.2, 0) is 25.5 Å². The molecule has 0 spiro atoms. The maximum atomic E-state index is 11.9. The van der Waals surface area contributed by atoms with Gasteiger partial charge >= 0.3 is 11.9 Å². The van der Waals surface area contributed by atoms with Gasteiger partial charge < -0.3 is 9.47 Å². The van der Waals surface area contributed by atoms with Crippen molar-refractivity contribution >= 4 is 44.5 Å². The second-order valence-electron chi connectivity index (χ2n) is 7.77. The SMILES string of the molecule is CC(=O)O[C@@H]1c2c(ccc3cc4ccc5ccccc5c4nc23)CC[C@H]1OC(C)=O. The topological polar surface area (TPSA) is 65.5 Å². The number of hydrogen-bond acceptors (Lipinski definition) is 5. The third kappa shape index (κ3) is 3.07. The largest absolute Gasteiger partial charge is 0.458 e. The van der Waals surface area contributed by atoms with Crippen molar-refractivity contribution in [1.29, 1.82) is 0 Å². The maximum Gasteiger partial charge on any atom is 0.303 e. The van der Waals surface area contributed by atoms with Crippen molar-refractivity contribution in [3.05, 3.63) is 65.7 Å². The van der Waals surface area contributed by atoms with Crippen LogP contribution in [0.3, 0.4) is 0 Å². The van der Waals surface area contributed by atoms with Crippen LogP contribution in [0, 0.1) is 0 Å². The van der Waals surface area contributed by atoms with Crippen molar-refractivity contribution in [1.82, 2.24) is 4.98 Å². The summed E-state index contributed by atoms with van der Waals surface area (Å²) < 4.78 is 11.2. The lowest BCUT2D eigenvalue weighted by atomic mass is 9.85. The van der Waals surface area contributed by atoms with Crippen molar-refractivity contribution in [3.8, 4) is 0 Å². The highest BCUT2D eigenvalue weighted by atomic mass is 16.6. The van der Waals surface area contributed by atoms with Crippen molar-refractivity contribution in [2.75, 3.05) is 0 Å². The van der Waals surface area contributed by atoms with E-state index < -0.39 is 18.2 Å². The minimum Gasteiger partial charge on any atom is -0.458 e. The molecule has 5 heteroatoms. The molecule has 5 nitrogen and oxygen atoms in total. The molecule has 1 aliphatic rings. The first-order valence-electron chi connectivity index (χ1n) is 10.1. The molecule has 3 aromatic carbocycles. The van der Waals surface area contributed by atoms with E-state index in [4.69, 9.17) is 14.5 Å². The fourth-order valence-corrected chi connectivity index (χ4v) is 4.52. The molecule has 0 saturated carbocycles. The van der Waals surface area contributed by atoms with Crippen LogP contribution >= 0.6 is 0 Å². The Balaban J connectivity index is 1.80. The second-order valence-corrected chi connectivity index (χ2v) is 7.77. The number of rotatable bonds is 2. The summed E-state index contributed by atoms with van der Waals surface area (Å²) in [5, 5.41) is 4.22. The Kier molecular flexibility index (Phi) is 4.39. The smallest absolute Gasteiger partial charge is 0.303 e. The highest BCUT2D eigenvalue weighted by molar-refractivity contribution is 6.08. The highest BCUT2D eigenvalue weighted by Crippen LogP contribution is 2.40. The van der Waals surface area contributed by atoms with Crippen molar-refractivity contribution < 1.29 is 19.1 Å². The van der Waals surface area contributed by atoms with E-state index in [2.05, 4.69) is 42.5 Å². The number of benzene rings is 3. The van der Waals surface area contributed by atoms with E-state index in [1.165, 1.54) is 13.8 Å². The number of aromatic nitrogens is 1. The van der Waals surface area contributed by atoms with Gasteiger partial charge in [0.2, 0.25) is 0 Å². The van der Waals surface area contributed by atoms with Crippen LogP contribution in [0.5, 0.6) is 0 Å². The normalized spacial score (nSPS) is 18.3. The van der Waals surface area contributed by atoms with Gasteiger partial charge in [0.05, 0.1) is 11.0 Å². The van der Waals surface area contributed by atoms with E-state index in [1.54, 1.807) is 0 Å². The van der Waals surface area contributed by atoms with Crippen molar-refractivity contribution in [3.63, 3.8) is 0 Å². The van der Waals surface area contributed by atoms with Gasteiger partial charge in [-0.1, -0.05) is 48.5 Å². The number of carbonyl (C=O) groups excluding carboxylic acids is 2. The van der Waals surface area contributed by atoms with Gasteiger partial charge in [-0.25, -0.2) is 4.98 Å². The molecule has 1 heterocycles. The first-order chi connectivity index (χ1) is 14.5. The lowest BCUT2D eigenvalue weighted by Gasteiger charge is -2.32. The molecule has 150 valence electrons. The molecule has 0 radical (unpaired) electrons. The Bertz CT molecular complexity index is 1330. The fourth-order valence-electron chi connectivity index (χ4n) is 4.52. The number of pyridine rings is 1. The molecule has 2 atom stereocenters. The van der Waals surface area contributed by atoms with Crippen LogP contribution in [0.15, 0.2) is 54.6 Å². The monoisotopic (exact) mass is 399 g/mol. The Morgan fingerprint density at radius 3 is 2.37 bits per heavy atom. The van der Waals surface area contributed by atoms with Gasteiger partial charge in [-0.05, 0) is 29.9 Å². The van der Waals surface area contributed by atoms with Crippen LogP contribution in [0.4, 0.5) is 0 Å². The summed E-state index contributed by atoms with van der Waals surface area (Å²) in [6, 6.07) is 18.6. The van der Waals surface area contributed by atoms with Crippen LogP contribution in [0.2, 0.25) is 0 Å². The van der Waals surface area contributed by atoms with Crippen LogP contribution in [0.1, 0.15) is 37.5 Å². The fraction of sp³-hybridized carbons (Fsp3) is 0.240. The minimum absolute atomic E-state index is 0.384. The van der Waals surface area contributed by atoms with Gasteiger partial charge in [0, 0.05) is 35.6 Å². The van der Waals surface area contributed by atoms with Crippen molar-refractivity contribution in [2.45, 2.75) is 38.9 Å². The molecule has 0 unspecified atom stereocenters. The average molecular weight is 399 g/mol. The maximum absolute atomic E-state index is 11.9. The van der Waals surface area contributed by atoms with E-state index in [0.29, 0.717) is 6.42 Å². The first-order valence-corrected chi connectivity index (χ1v) is 10.1. The predicted molar refractivity (Wildman–Crippen MR) is 115 cm³/mol. The van der Waals surface area contributed by atoms with Gasteiger partial charge in [0.15, 0.2) is 6.10 Å². The highest BCUT2D eigenvalue weighted by Gasteiger charge is 2.36. The first kappa shape index (κ1) is 18.6. The second kappa shape index (κ2) is 7.10. The van der Waals surface area contributed by atoms with Gasteiger partial charge in [0.1, 0.15) is 6.10 Å². The summed E-state index contributed by atoms with van der Waals surface area (Å²) in [5.41, 5.74) is 3.61. The molecule has 4 aromatic rings. The molecule has 30 heavy (non-hydrogen) atoms. The Hall–Kier alpha value is -3.47. The molecule has 5 rings (SSSR count). The van der Waals surface area contributed by atoms with E-state index in [-0.39, 0.29) is 5.97 Å². The lowest BCUT2D eigenvalue weighted by molar-refractivity contribution is -0.167. The molecule has 0 saturated heterocycles. The summed E-state index contributed by atoms with van der Waals surface area (Å²) in [4.78, 5) is 28.6. The molecule has 1 aliphatic carbocycles. The van der Waals surface area contributed by atoms with Gasteiger partial charge in [0.25, 0.3) is 0 Å². The molecule has 1 aromatic heterocycles. The molecule has 0 aliphatic heterocycles. The predicted octanol–water partition coefficient (Wildman–Crippen LogP) is 5.02. The molecule has 0 bridgehead atoms. The number of nitrogens with zero attached hydrogens (tertiary/aromatic N) is 1. The minimum atomic E-state index is -0.668. The van der Waals surface area contributed by atoms with Gasteiger partial charge in [-0.2, -0.15) is 0 Å². The van der Waals surface area contributed by atoms with Crippen LogP contribution in [0.25, 0.3) is 32.6 Å². The van der Waals surface area contributed by atoms with E-state index in [0.717, 1.165) is 50.1 Å². The summed E-state index contributed by atoms with van der Waals surface area (Å²) in [6.07, 6.45) is 0.149. The zero-order valence-electron chi connectivity index (χ0n) is 16.8. The standard InChI is InChI=1S/C25H21NO4/c1-14(27)29-21-12-11-17-8-10-19-13-18-9-7-16-5-3-4-6-20(16)23(18)26-24(19)22(17)25(21)30-15(2)28/h3-10,13,21,25H,11-12H2,1-2H3/t21-,25+/m1/s1. The number of ether oxygens (including phenoxy) is 2. The van der Waals surface area contributed by atoms with E-state index in [1.807, 2.05) is 12.1 Å². The number of aryl methyl sites for hydroxylation is 1. The summed E-state index contributed by atoms with van der Waals surface area (Å²) >= 11 is 0. The Morgan fingerprint density at radius 2 is 1.57 bits per heavy atom. The number of hydrogen-bond donors (Lipinski definition) is 0. The Labute approximate surface area is 173 Å². The van der Waals surface area contributed by atoms with Gasteiger partial charge in [-0.15, -0.1) is 0 Å². The Morgan fingerprint density at radius 1 is 0.867 bits per heavy atom. The number of esters is 2. The van der Waals surface area contributed by atoms with Crippen molar-refractivity contribution in [2.24, 2.45) is 0 Å². The zero-order valence-corrected chi connectivity index (χ0v) is 16.8. The summed E-state index contributed by atoms with van der Waals surface area (Å²) in [5.74, 6) is -0.793. The quantitative estimate of drug-likeness (QED) is 0.269. The van der Waals surface area contributed by atoms with Gasteiger partial charge in [-0.3, -0.25) is 9.59 Å². The van der Waals surface area contributed by atoms with E-state index >= 15 is 0 Å². The molecule has 0 N–H and O–H groups in total.